The quantitative estimate of drug-likeness (QED) is 0.459. The van der Waals surface area contributed by atoms with E-state index in [1.807, 2.05) is 30.3 Å². The van der Waals surface area contributed by atoms with Gasteiger partial charge in [-0.15, -0.1) is 0 Å². The highest BCUT2D eigenvalue weighted by atomic mass is 16.5. The predicted octanol–water partition coefficient (Wildman–Crippen LogP) is 3.36. The topological polar surface area (TPSA) is 88.8 Å². The summed E-state index contributed by atoms with van der Waals surface area (Å²) < 4.78 is 1.11. The summed E-state index contributed by atoms with van der Waals surface area (Å²) in [5.74, 6) is 1.10. The van der Waals surface area contributed by atoms with Gasteiger partial charge >= 0.3 is 0 Å². The highest BCUT2D eigenvalue weighted by Gasteiger charge is 2.27. The maximum Gasteiger partial charge on any atom is 0.178 e. The highest BCUT2D eigenvalue weighted by Crippen LogP contribution is 2.43. The average Bonchev–Trinajstić information content (AvgIpc) is 2.93. The summed E-state index contributed by atoms with van der Waals surface area (Å²) in [4.78, 5) is 17.4. The Kier molecular flexibility index (Phi) is 2.81. The fourth-order valence-electron chi connectivity index (χ4n) is 3.05. The summed E-state index contributed by atoms with van der Waals surface area (Å²) in [7, 11) is 0. The van der Waals surface area contributed by atoms with E-state index >= 15 is 0 Å². The van der Waals surface area contributed by atoms with Crippen LogP contribution in [0.3, 0.4) is 0 Å². The van der Waals surface area contributed by atoms with E-state index in [4.69, 9.17) is 4.98 Å². The second kappa shape index (κ2) is 5.13. The molecule has 0 unspecified atom stereocenters. The van der Waals surface area contributed by atoms with Gasteiger partial charge in [0, 0.05) is 41.5 Å². The lowest BCUT2D eigenvalue weighted by Gasteiger charge is -2.09. The molecule has 0 amide bonds. The smallest absolute Gasteiger partial charge is 0.178 e. The molecule has 0 fully saturated rings. The summed E-state index contributed by atoms with van der Waals surface area (Å²) in [6, 6.07) is 9.28. The number of rotatable bonds is 1. The number of fused-ring (bicyclic) bond motifs is 5. The van der Waals surface area contributed by atoms with Gasteiger partial charge in [-0.3, -0.25) is 9.97 Å². The number of nitrogens with one attached hydrogen (secondary N) is 1. The molecule has 0 bridgehead atoms. The number of aromatic nitrogens is 5. The first-order chi connectivity index (χ1) is 12.3. The van der Waals surface area contributed by atoms with E-state index < -0.39 is 0 Å². The van der Waals surface area contributed by atoms with Gasteiger partial charge in [-0.05, 0) is 30.3 Å². The number of imidazole rings is 1. The van der Waals surface area contributed by atoms with Crippen LogP contribution >= 0.6 is 0 Å². The van der Waals surface area contributed by atoms with Crippen LogP contribution in [0.25, 0.3) is 33.9 Å². The van der Waals surface area contributed by atoms with E-state index in [2.05, 4.69) is 20.3 Å². The fraction of sp³-hybridized carbons (Fsp3) is 0. The van der Waals surface area contributed by atoms with Crippen LogP contribution in [0.1, 0.15) is 0 Å². The van der Waals surface area contributed by atoms with Gasteiger partial charge in [0.25, 0.3) is 0 Å². The predicted molar refractivity (Wildman–Crippen MR) is 92.4 cm³/mol. The third kappa shape index (κ3) is 1.99. The lowest BCUT2D eigenvalue weighted by atomic mass is 10.1. The van der Waals surface area contributed by atoms with Crippen molar-refractivity contribution < 1.29 is 5.21 Å². The molecule has 120 valence electrons. The van der Waals surface area contributed by atoms with Crippen molar-refractivity contribution in [1.29, 1.82) is 0 Å². The number of hydrogen-bond donors (Lipinski definition) is 2. The molecule has 4 aromatic rings. The maximum absolute atomic E-state index is 10.9. The largest absolute Gasteiger partial charge is 0.426 e. The maximum atomic E-state index is 10.9. The molecule has 0 saturated carbocycles. The lowest BCUT2D eigenvalue weighted by molar-refractivity contribution is 0.195. The lowest BCUT2D eigenvalue weighted by Crippen LogP contribution is -1.99. The van der Waals surface area contributed by atoms with Gasteiger partial charge in [0.15, 0.2) is 5.82 Å². The first kappa shape index (κ1) is 13.7. The number of hydrogen-bond acceptors (Lipinski definition) is 6. The number of nitrogens with zero attached hydrogens (tertiary/aromatic N) is 5. The molecule has 0 spiro atoms. The third-order valence-corrected chi connectivity index (χ3v) is 4.17. The second-order valence-electron chi connectivity index (χ2n) is 5.63. The van der Waals surface area contributed by atoms with Crippen LogP contribution in [0, 0.1) is 0 Å². The molecule has 25 heavy (non-hydrogen) atoms. The molecular weight excluding hydrogens is 316 g/mol. The normalized spacial score (nSPS) is 11.7. The third-order valence-electron chi connectivity index (χ3n) is 4.17. The first-order valence-corrected chi connectivity index (χ1v) is 7.72. The van der Waals surface area contributed by atoms with Crippen molar-refractivity contribution in [1.82, 2.24) is 24.7 Å². The first-order valence-electron chi connectivity index (χ1n) is 7.72. The Hall–Kier alpha value is -3.74. The summed E-state index contributed by atoms with van der Waals surface area (Å²) in [6.45, 7) is 0. The van der Waals surface area contributed by atoms with Gasteiger partial charge in [0.05, 0.1) is 11.9 Å². The number of anilines is 2. The van der Waals surface area contributed by atoms with Gasteiger partial charge in [-0.25, -0.2) is 9.97 Å². The molecule has 7 heteroatoms. The Morgan fingerprint density at radius 2 is 1.80 bits per heavy atom. The second-order valence-corrected chi connectivity index (χ2v) is 5.63. The molecule has 2 N–H and O–H groups in total. The van der Waals surface area contributed by atoms with Crippen LogP contribution in [0.2, 0.25) is 0 Å². The van der Waals surface area contributed by atoms with Crippen molar-refractivity contribution in [2.45, 2.75) is 0 Å². The van der Waals surface area contributed by atoms with E-state index in [1.165, 1.54) is 0 Å². The molecule has 0 radical (unpaired) electrons. The SMILES string of the molecule is On1c(-c2cccnc2)nc2c1-c1ccncc1Nc1ncccc1-2. The molecule has 0 aromatic carbocycles. The van der Waals surface area contributed by atoms with Crippen molar-refractivity contribution in [2.24, 2.45) is 0 Å². The van der Waals surface area contributed by atoms with Crippen molar-refractivity contribution in [3.8, 4) is 33.9 Å². The van der Waals surface area contributed by atoms with Crippen LogP contribution < -0.4 is 5.32 Å². The van der Waals surface area contributed by atoms with Gasteiger partial charge in [-0.2, -0.15) is 4.73 Å². The Labute approximate surface area is 142 Å². The fourth-order valence-corrected chi connectivity index (χ4v) is 3.05. The molecule has 0 saturated heterocycles. The van der Waals surface area contributed by atoms with Crippen molar-refractivity contribution in [2.75, 3.05) is 5.32 Å². The van der Waals surface area contributed by atoms with E-state index in [0.29, 0.717) is 23.0 Å². The van der Waals surface area contributed by atoms with Gasteiger partial charge in [0.1, 0.15) is 17.2 Å². The zero-order valence-corrected chi connectivity index (χ0v) is 13.0. The highest BCUT2D eigenvalue weighted by molar-refractivity contribution is 5.95. The molecule has 1 aliphatic rings. The standard InChI is InChI=1S/C18H12N6O/c25-24-16-12-5-8-20-10-14(12)22-17-13(4-2-7-21-17)15(16)23-18(24)11-3-1-6-19-9-11/h1-10,25H,(H,21,22). The number of pyridine rings is 3. The molecule has 0 atom stereocenters. The Morgan fingerprint density at radius 3 is 2.68 bits per heavy atom. The minimum Gasteiger partial charge on any atom is -0.426 e. The monoisotopic (exact) mass is 328 g/mol. The minimum atomic E-state index is 0.428. The molecule has 5 heterocycles. The van der Waals surface area contributed by atoms with Crippen molar-refractivity contribution >= 4 is 11.5 Å². The summed E-state index contributed by atoms with van der Waals surface area (Å²) in [5.41, 5.74) is 4.35. The van der Waals surface area contributed by atoms with Crippen LogP contribution in [0.4, 0.5) is 11.5 Å². The summed E-state index contributed by atoms with van der Waals surface area (Å²) in [6.07, 6.45) is 8.46. The van der Waals surface area contributed by atoms with Gasteiger partial charge in [0.2, 0.25) is 0 Å². The zero-order chi connectivity index (χ0) is 16.8. The van der Waals surface area contributed by atoms with E-state index in [9.17, 15) is 5.21 Å². The van der Waals surface area contributed by atoms with Gasteiger partial charge < -0.3 is 10.5 Å². The Bertz CT molecular complexity index is 1090. The zero-order valence-electron chi connectivity index (χ0n) is 13.0. The van der Waals surface area contributed by atoms with Gasteiger partial charge in [-0.1, -0.05) is 0 Å². The van der Waals surface area contributed by atoms with Crippen LogP contribution in [0.5, 0.6) is 0 Å². The average molecular weight is 328 g/mol. The Morgan fingerprint density at radius 1 is 0.920 bits per heavy atom. The molecular formula is C18H12N6O. The minimum absolute atomic E-state index is 0.428. The summed E-state index contributed by atoms with van der Waals surface area (Å²) >= 11 is 0. The Balaban J connectivity index is 1.87. The van der Waals surface area contributed by atoms with E-state index in [1.54, 1.807) is 31.0 Å². The molecule has 0 aliphatic carbocycles. The summed E-state index contributed by atoms with van der Waals surface area (Å²) in [5, 5.41) is 14.2. The molecule has 5 rings (SSSR count). The van der Waals surface area contributed by atoms with Crippen LogP contribution in [0.15, 0.2) is 61.3 Å². The van der Waals surface area contributed by atoms with E-state index in [0.717, 1.165) is 27.1 Å². The van der Waals surface area contributed by atoms with Crippen LogP contribution in [-0.2, 0) is 0 Å². The molecule has 1 aliphatic heterocycles. The van der Waals surface area contributed by atoms with Crippen molar-refractivity contribution in [3.63, 3.8) is 0 Å². The molecule has 4 aromatic heterocycles. The van der Waals surface area contributed by atoms with Crippen molar-refractivity contribution in [3.05, 3.63) is 61.3 Å². The van der Waals surface area contributed by atoms with E-state index in [-0.39, 0.29) is 0 Å². The molecule has 7 nitrogen and oxygen atoms in total. The van der Waals surface area contributed by atoms with Crippen LogP contribution in [-0.4, -0.2) is 29.9 Å².